The number of halogens is 3. The number of fused-ring (bicyclic) bond motifs is 1. The maximum Gasteiger partial charge on any atom is 0.490 e. The lowest BCUT2D eigenvalue weighted by Gasteiger charge is -2.08. The maximum absolute atomic E-state index is 10.6. The van der Waals surface area contributed by atoms with Crippen LogP contribution < -0.4 is 5.32 Å². The standard InChI is InChI=1S/C21H18N8.C2HF3O2/c1-14-23-13-29(26-14)17-8-6-16(7-9-17)24-21-22-12-15-4-3-5-18(20(15)25-21)19-10-11-28(2)27-19;3-2(4,5)1(6)7/h3-13H,1-2H3,(H,22,24,25);(H,6,7). The number of hydrogen-bond acceptors (Lipinski definition) is 7. The second-order valence-corrected chi connectivity index (χ2v) is 7.52. The van der Waals surface area contributed by atoms with Gasteiger partial charge < -0.3 is 10.4 Å². The van der Waals surface area contributed by atoms with Crippen molar-refractivity contribution in [2.45, 2.75) is 13.1 Å². The topological polar surface area (TPSA) is 124 Å². The van der Waals surface area contributed by atoms with E-state index < -0.39 is 12.1 Å². The summed E-state index contributed by atoms with van der Waals surface area (Å²) in [7, 11) is 1.90. The van der Waals surface area contributed by atoms with Gasteiger partial charge in [0.1, 0.15) is 12.2 Å². The predicted octanol–water partition coefficient (Wildman–Crippen LogP) is 4.30. The summed E-state index contributed by atoms with van der Waals surface area (Å²) in [5.41, 5.74) is 4.55. The van der Waals surface area contributed by atoms with E-state index >= 15 is 0 Å². The van der Waals surface area contributed by atoms with Gasteiger partial charge in [-0.25, -0.2) is 24.4 Å². The molecule has 36 heavy (non-hydrogen) atoms. The van der Waals surface area contributed by atoms with Gasteiger partial charge in [-0.05, 0) is 37.3 Å². The van der Waals surface area contributed by atoms with Crippen LogP contribution in [0.2, 0.25) is 0 Å². The molecule has 0 spiro atoms. The number of aryl methyl sites for hydroxylation is 2. The zero-order chi connectivity index (χ0) is 25.9. The Morgan fingerprint density at radius 3 is 2.33 bits per heavy atom. The lowest BCUT2D eigenvalue weighted by atomic mass is 10.1. The summed E-state index contributed by atoms with van der Waals surface area (Å²) < 4.78 is 35.3. The third kappa shape index (κ3) is 5.63. The van der Waals surface area contributed by atoms with Crippen molar-refractivity contribution in [3.63, 3.8) is 0 Å². The van der Waals surface area contributed by atoms with E-state index in [-0.39, 0.29) is 0 Å². The van der Waals surface area contributed by atoms with Crippen molar-refractivity contribution in [2.24, 2.45) is 7.05 Å². The van der Waals surface area contributed by atoms with E-state index in [4.69, 9.17) is 14.9 Å². The monoisotopic (exact) mass is 496 g/mol. The van der Waals surface area contributed by atoms with Crippen LogP contribution in [-0.2, 0) is 11.8 Å². The Kier molecular flexibility index (Phi) is 6.63. The van der Waals surface area contributed by atoms with Crippen LogP contribution in [0.4, 0.5) is 24.8 Å². The zero-order valence-electron chi connectivity index (χ0n) is 19.0. The van der Waals surface area contributed by atoms with E-state index in [0.717, 1.165) is 39.4 Å². The Bertz CT molecular complexity index is 1510. The number of hydrogen-bond donors (Lipinski definition) is 2. The summed E-state index contributed by atoms with van der Waals surface area (Å²) in [5.74, 6) is -1.49. The molecular weight excluding hydrogens is 477 g/mol. The van der Waals surface area contributed by atoms with Crippen molar-refractivity contribution in [1.82, 2.24) is 34.5 Å². The van der Waals surface area contributed by atoms with Crippen LogP contribution >= 0.6 is 0 Å². The van der Waals surface area contributed by atoms with E-state index in [1.807, 2.05) is 74.9 Å². The molecule has 0 saturated carbocycles. The number of carboxylic acid groups (broad SMARTS) is 1. The lowest BCUT2D eigenvalue weighted by Crippen LogP contribution is -2.21. The minimum Gasteiger partial charge on any atom is -0.475 e. The zero-order valence-corrected chi connectivity index (χ0v) is 19.0. The number of aliphatic carboxylic acids is 1. The Hall–Kier alpha value is -4.81. The molecule has 2 N–H and O–H groups in total. The lowest BCUT2D eigenvalue weighted by molar-refractivity contribution is -0.192. The summed E-state index contributed by atoms with van der Waals surface area (Å²) >= 11 is 0. The Morgan fingerprint density at radius 1 is 1.03 bits per heavy atom. The van der Waals surface area contributed by atoms with E-state index in [1.54, 1.807) is 15.7 Å². The number of alkyl halides is 3. The number of benzene rings is 2. The van der Waals surface area contributed by atoms with Crippen LogP contribution in [0.5, 0.6) is 0 Å². The van der Waals surface area contributed by atoms with Gasteiger partial charge in [0.2, 0.25) is 5.95 Å². The summed E-state index contributed by atoms with van der Waals surface area (Å²) in [6.45, 7) is 1.86. The smallest absolute Gasteiger partial charge is 0.475 e. The molecule has 184 valence electrons. The van der Waals surface area contributed by atoms with Gasteiger partial charge in [-0.1, -0.05) is 18.2 Å². The molecule has 0 fully saturated rings. The molecule has 3 heterocycles. The van der Waals surface area contributed by atoms with E-state index in [9.17, 15) is 13.2 Å². The molecule has 0 aliphatic carbocycles. The number of aromatic nitrogens is 7. The average Bonchev–Trinajstić information content (AvgIpc) is 3.47. The fourth-order valence-electron chi connectivity index (χ4n) is 3.18. The predicted molar refractivity (Wildman–Crippen MR) is 125 cm³/mol. The summed E-state index contributed by atoms with van der Waals surface area (Å²) in [5, 5.41) is 20.2. The van der Waals surface area contributed by atoms with Gasteiger partial charge >= 0.3 is 12.1 Å². The Balaban J connectivity index is 0.000000384. The minimum absolute atomic E-state index is 0.533. The Labute approximate surface area is 202 Å². The SMILES string of the molecule is Cc1ncn(-c2ccc(Nc3ncc4cccc(-c5ccn(C)n5)c4n3)cc2)n1.O=C(O)C(F)(F)F. The van der Waals surface area contributed by atoms with Gasteiger partial charge in [0.15, 0.2) is 0 Å². The number of para-hydroxylation sites is 1. The minimum atomic E-state index is -5.08. The highest BCUT2D eigenvalue weighted by molar-refractivity contribution is 5.92. The summed E-state index contributed by atoms with van der Waals surface area (Å²) in [6, 6.07) is 15.9. The van der Waals surface area contributed by atoms with Gasteiger partial charge in [0, 0.05) is 36.1 Å². The molecule has 3 aromatic heterocycles. The first kappa shape index (κ1) is 24.3. The molecule has 5 rings (SSSR count). The van der Waals surface area contributed by atoms with Crippen molar-refractivity contribution < 1.29 is 23.1 Å². The Morgan fingerprint density at radius 2 is 1.75 bits per heavy atom. The van der Waals surface area contributed by atoms with Crippen LogP contribution in [0, 0.1) is 6.92 Å². The highest BCUT2D eigenvalue weighted by atomic mass is 19.4. The van der Waals surface area contributed by atoms with E-state index in [2.05, 4.69) is 25.5 Å². The normalized spacial score (nSPS) is 11.1. The summed E-state index contributed by atoms with van der Waals surface area (Å²) in [6.07, 6.45) is 0.361. The van der Waals surface area contributed by atoms with Gasteiger partial charge in [0.25, 0.3) is 0 Å². The molecule has 0 aliphatic rings. The molecule has 0 aliphatic heterocycles. The fourth-order valence-corrected chi connectivity index (χ4v) is 3.18. The molecule has 0 radical (unpaired) electrons. The van der Waals surface area contributed by atoms with E-state index in [1.165, 1.54) is 0 Å². The number of carboxylic acids is 1. The average molecular weight is 496 g/mol. The maximum atomic E-state index is 10.6. The van der Waals surface area contributed by atoms with Gasteiger partial charge in [-0.15, -0.1) is 0 Å². The third-order valence-corrected chi connectivity index (χ3v) is 4.84. The first-order valence-electron chi connectivity index (χ1n) is 10.4. The number of carbonyl (C=O) groups is 1. The largest absolute Gasteiger partial charge is 0.490 e. The van der Waals surface area contributed by atoms with Crippen LogP contribution in [-0.4, -0.2) is 51.8 Å². The van der Waals surface area contributed by atoms with Crippen molar-refractivity contribution in [3.8, 4) is 16.9 Å². The first-order chi connectivity index (χ1) is 17.1. The van der Waals surface area contributed by atoms with Crippen LogP contribution in [0.25, 0.3) is 27.8 Å². The van der Waals surface area contributed by atoms with Crippen LogP contribution in [0.1, 0.15) is 5.82 Å². The molecule has 2 aromatic carbocycles. The molecule has 10 nitrogen and oxygen atoms in total. The molecule has 0 atom stereocenters. The number of nitrogens with zero attached hydrogens (tertiary/aromatic N) is 7. The number of nitrogens with one attached hydrogen (secondary N) is 1. The second-order valence-electron chi connectivity index (χ2n) is 7.52. The molecule has 0 saturated heterocycles. The number of anilines is 2. The highest BCUT2D eigenvalue weighted by Gasteiger charge is 2.38. The van der Waals surface area contributed by atoms with Crippen LogP contribution in [0.3, 0.4) is 0 Å². The molecule has 0 bridgehead atoms. The molecule has 13 heteroatoms. The molecule has 0 unspecified atom stereocenters. The molecular formula is C23H19F3N8O2. The second kappa shape index (κ2) is 9.82. The van der Waals surface area contributed by atoms with Crippen molar-refractivity contribution in [1.29, 1.82) is 0 Å². The third-order valence-electron chi connectivity index (χ3n) is 4.84. The van der Waals surface area contributed by atoms with Gasteiger partial charge in [-0.2, -0.15) is 23.4 Å². The molecule has 5 aromatic rings. The quantitative estimate of drug-likeness (QED) is 0.378. The number of rotatable bonds is 4. The summed E-state index contributed by atoms with van der Waals surface area (Å²) in [4.78, 5) is 22.2. The van der Waals surface area contributed by atoms with Gasteiger partial charge in [-0.3, -0.25) is 4.68 Å². The van der Waals surface area contributed by atoms with Crippen molar-refractivity contribution in [3.05, 3.63) is 73.1 Å². The van der Waals surface area contributed by atoms with Crippen molar-refractivity contribution >= 4 is 28.5 Å². The van der Waals surface area contributed by atoms with Crippen LogP contribution in [0.15, 0.2) is 67.3 Å². The fraction of sp³-hybridized carbons (Fsp3) is 0.130. The highest BCUT2D eigenvalue weighted by Crippen LogP contribution is 2.27. The first-order valence-corrected chi connectivity index (χ1v) is 10.4. The van der Waals surface area contributed by atoms with E-state index in [0.29, 0.717) is 5.95 Å². The molecule has 0 amide bonds. The van der Waals surface area contributed by atoms with Gasteiger partial charge in [0.05, 0.1) is 16.9 Å². The van der Waals surface area contributed by atoms with Crippen molar-refractivity contribution in [2.75, 3.05) is 5.32 Å².